The summed E-state index contributed by atoms with van der Waals surface area (Å²) in [5.41, 5.74) is 0.786. The monoisotopic (exact) mass is 230 g/mol. The minimum Gasteiger partial charge on any atom is -0.324 e. The summed E-state index contributed by atoms with van der Waals surface area (Å²) in [6.07, 6.45) is 0.756. The van der Waals surface area contributed by atoms with Crippen LogP contribution in [0.2, 0.25) is 0 Å². The number of hydrogen-bond acceptors (Lipinski definition) is 2. The molecular weight excluding hydrogens is 212 g/mol. The summed E-state index contributed by atoms with van der Waals surface area (Å²) in [6.45, 7) is 6.35. The zero-order chi connectivity index (χ0) is 12.9. The van der Waals surface area contributed by atoms with Crippen LogP contribution in [-0.4, -0.2) is 17.4 Å². The lowest BCUT2D eigenvalue weighted by molar-refractivity contribution is -0.121. The quantitative estimate of drug-likeness (QED) is 0.746. The number of amides is 1. The molecule has 3 nitrogen and oxygen atoms in total. The smallest absolute Gasteiger partial charge is 0.211 e. The predicted molar refractivity (Wildman–Crippen MR) is 66.9 cm³/mol. The maximum Gasteiger partial charge on any atom is 0.211 e. The fourth-order valence-corrected chi connectivity index (χ4v) is 1.75. The van der Waals surface area contributed by atoms with Gasteiger partial charge in [0, 0.05) is 6.54 Å². The topological polar surface area (TPSA) is 44.1 Å². The number of nitrogens with zero attached hydrogens (tertiary/aromatic N) is 2. The molecule has 0 unspecified atom stereocenters. The van der Waals surface area contributed by atoms with Crippen LogP contribution in [-0.2, 0) is 11.3 Å². The molecule has 0 N–H and O–H groups in total. The average molecular weight is 230 g/mol. The Bertz CT molecular complexity index is 400. The van der Waals surface area contributed by atoms with Crippen LogP contribution in [0.5, 0.6) is 0 Å². The summed E-state index contributed by atoms with van der Waals surface area (Å²) in [4.78, 5) is 12.7. The zero-order valence-electron chi connectivity index (χ0n) is 10.6. The summed E-state index contributed by atoms with van der Waals surface area (Å²) in [6, 6.07) is 11.5. The first-order valence-electron chi connectivity index (χ1n) is 5.63. The van der Waals surface area contributed by atoms with Gasteiger partial charge in [-0.2, -0.15) is 5.26 Å². The number of benzene rings is 1. The van der Waals surface area contributed by atoms with E-state index in [1.165, 1.54) is 0 Å². The fourth-order valence-electron chi connectivity index (χ4n) is 1.75. The van der Waals surface area contributed by atoms with E-state index in [1.54, 1.807) is 4.90 Å². The molecular formula is C14H18N2O. The van der Waals surface area contributed by atoms with Crippen LogP contribution in [0.4, 0.5) is 0 Å². The minimum atomic E-state index is -0.416. The van der Waals surface area contributed by atoms with Crippen molar-refractivity contribution in [2.24, 2.45) is 5.41 Å². The highest BCUT2D eigenvalue weighted by Crippen LogP contribution is 2.24. The van der Waals surface area contributed by atoms with Gasteiger partial charge in [-0.25, -0.2) is 0 Å². The Balaban J connectivity index is 2.86. The summed E-state index contributed by atoms with van der Waals surface area (Å²) in [5.74, 6) is 0. The summed E-state index contributed by atoms with van der Waals surface area (Å²) >= 11 is 0. The van der Waals surface area contributed by atoms with Crippen molar-refractivity contribution >= 4 is 6.41 Å². The van der Waals surface area contributed by atoms with Crippen LogP contribution in [0, 0.1) is 16.7 Å². The number of hydrogen-bond donors (Lipinski definition) is 0. The zero-order valence-corrected chi connectivity index (χ0v) is 10.6. The Labute approximate surface area is 103 Å². The highest BCUT2D eigenvalue weighted by molar-refractivity contribution is 5.49. The average Bonchev–Trinajstić information content (AvgIpc) is 2.28. The van der Waals surface area contributed by atoms with Crippen LogP contribution >= 0.6 is 0 Å². The van der Waals surface area contributed by atoms with E-state index in [0.717, 1.165) is 12.0 Å². The summed E-state index contributed by atoms with van der Waals surface area (Å²) in [7, 11) is 0. The molecule has 0 radical (unpaired) electrons. The van der Waals surface area contributed by atoms with Crippen molar-refractivity contribution in [1.82, 2.24) is 4.90 Å². The van der Waals surface area contributed by atoms with Gasteiger partial charge in [-0.05, 0) is 11.0 Å². The van der Waals surface area contributed by atoms with Gasteiger partial charge >= 0.3 is 0 Å². The molecule has 0 aliphatic carbocycles. The molecule has 0 aromatic heterocycles. The molecule has 1 amide bonds. The third-order valence-electron chi connectivity index (χ3n) is 2.62. The largest absolute Gasteiger partial charge is 0.324 e. The molecule has 0 aliphatic heterocycles. The van der Waals surface area contributed by atoms with E-state index in [9.17, 15) is 10.1 Å². The van der Waals surface area contributed by atoms with E-state index >= 15 is 0 Å². The normalized spacial score (nSPS) is 12.6. The number of carbonyl (C=O) groups is 1. The van der Waals surface area contributed by atoms with Crippen molar-refractivity contribution in [2.45, 2.75) is 33.4 Å². The van der Waals surface area contributed by atoms with Gasteiger partial charge in [0.15, 0.2) is 0 Å². The third kappa shape index (κ3) is 3.60. The number of nitriles is 1. The molecule has 90 valence electrons. The first-order chi connectivity index (χ1) is 7.99. The molecule has 17 heavy (non-hydrogen) atoms. The second-order valence-electron chi connectivity index (χ2n) is 5.16. The first kappa shape index (κ1) is 13.2. The van der Waals surface area contributed by atoms with Crippen LogP contribution < -0.4 is 0 Å². The third-order valence-corrected chi connectivity index (χ3v) is 2.62. The van der Waals surface area contributed by atoms with Crippen LogP contribution in [0.1, 0.15) is 26.3 Å². The Hall–Kier alpha value is -1.82. The Morgan fingerprint density at radius 2 is 1.94 bits per heavy atom. The lowest BCUT2D eigenvalue weighted by Gasteiger charge is -2.33. The molecule has 1 rings (SSSR count). The van der Waals surface area contributed by atoms with Crippen molar-refractivity contribution in [1.29, 1.82) is 5.26 Å². The van der Waals surface area contributed by atoms with Gasteiger partial charge < -0.3 is 4.90 Å². The van der Waals surface area contributed by atoms with E-state index in [1.807, 2.05) is 51.1 Å². The van der Waals surface area contributed by atoms with Gasteiger partial charge in [0.1, 0.15) is 6.04 Å². The van der Waals surface area contributed by atoms with Gasteiger partial charge in [-0.15, -0.1) is 0 Å². The van der Waals surface area contributed by atoms with E-state index < -0.39 is 6.04 Å². The van der Waals surface area contributed by atoms with E-state index in [-0.39, 0.29) is 5.41 Å². The molecule has 1 aromatic carbocycles. The lowest BCUT2D eigenvalue weighted by atomic mass is 9.86. The van der Waals surface area contributed by atoms with Gasteiger partial charge in [0.2, 0.25) is 6.41 Å². The number of rotatable bonds is 4. The lowest BCUT2D eigenvalue weighted by Crippen LogP contribution is -2.41. The fraction of sp³-hybridized carbons (Fsp3) is 0.429. The molecule has 0 fully saturated rings. The van der Waals surface area contributed by atoms with Crippen LogP contribution in [0.3, 0.4) is 0 Å². The maximum absolute atomic E-state index is 11.1. The van der Waals surface area contributed by atoms with E-state index in [0.29, 0.717) is 6.54 Å². The Kier molecular flexibility index (Phi) is 4.28. The standard InChI is InChI=1S/C14H18N2O/c1-14(2,3)13(9-15)16(11-17)10-12-7-5-4-6-8-12/h4-8,11,13H,10H2,1-3H3/t13-/m0/s1. The van der Waals surface area contributed by atoms with Crippen molar-refractivity contribution in [3.8, 4) is 6.07 Å². The second kappa shape index (κ2) is 5.49. The highest BCUT2D eigenvalue weighted by Gasteiger charge is 2.29. The molecule has 0 bridgehead atoms. The number of carbonyl (C=O) groups excluding carboxylic acids is 1. The van der Waals surface area contributed by atoms with Gasteiger partial charge in [0.25, 0.3) is 0 Å². The van der Waals surface area contributed by atoms with E-state index in [2.05, 4.69) is 6.07 Å². The maximum atomic E-state index is 11.1. The second-order valence-corrected chi connectivity index (χ2v) is 5.16. The first-order valence-corrected chi connectivity index (χ1v) is 5.63. The molecule has 0 spiro atoms. The van der Waals surface area contributed by atoms with Crippen molar-refractivity contribution in [3.05, 3.63) is 35.9 Å². The molecule has 0 saturated carbocycles. The molecule has 3 heteroatoms. The van der Waals surface area contributed by atoms with E-state index in [4.69, 9.17) is 0 Å². The predicted octanol–water partition coefficient (Wildman–Crippen LogP) is 2.58. The van der Waals surface area contributed by atoms with Crippen molar-refractivity contribution in [3.63, 3.8) is 0 Å². The molecule has 0 saturated heterocycles. The molecule has 0 aliphatic rings. The minimum absolute atomic E-state index is 0.246. The molecule has 1 aromatic rings. The molecule has 0 heterocycles. The summed E-state index contributed by atoms with van der Waals surface area (Å²) < 4.78 is 0. The van der Waals surface area contributed by atoms with Crippen molar-refractivity contribution in [2.75, 3.05) is 0 Å². The van der Waals surface area contributed by atoms with Gasteiger partial charge in [0.05, 0.1) is 6.07 Å². The highest BCUT2D eigenvalue weighted by atomic mass is 16.1. The Morgan fingerprint density at radius 1 is 1.35 bits per heavy atom. The van der Waals surface area contributed by atoms with Gasteiger partial charge in [-0.3, -0.25) is 4.79 Å². The summed E-state index contributed by atoms with van der Waals surface area (Å²) in [5, 5.41) is 9.19. The van der Waals surface area contributed by atoms with Gasteiger partial charge in [-0.1, -0.05) is 51.1 Å². The van der Waals surface area contributed by atoms with Crippen molar-refractivity contribution < 1.29 is 4.79 Å². The molecule has 1 atom stereocenters. The Morgan fingerprint density at radius 3 is 2.35 bits per heavy atom. The SMILES string of the molecule is CC(C)(C)[C@H](C#N)N(C=O)Cc1ccccc1. The van der Waals surface area contributed by atoms with Crippen LogP contribution in [0.15, 0.2) is 30.3 Å². The van der Waals surface area contributed by atoms with Crippen LogP contribution in [0.25, 0.3) is 0 Å².